The van der Waals surface area contributed by atoms with Gasteiger partial charge in [-0.3, -0.25) is 9.59 Å². The predicted molar refractivity (Wildman–Crippen MR) is 114 cm³/mol. The highest BCUT2D eigenvalue weighted by molar-refractivity contribution is 5.98. The van der Waals surface area contributed by atoms with Crippen LogP contribution in [0.1, 0.15) is 61.9 Å². The van der Waals surface area contributed by atoms with Crippen LogP contribution in [0.5, 0.6) is 0 Å². The predicted octanol–water partition coefficient (Wildman–Crippen LogP) is 3.57. The molecule has 0 N–H and O–H groups in total. The van der Waals surface area contributed by atoms with Crippen LogP contribution in [0.2, 0.25) is 0 Å². The summed E-state index contributed by atoms with van der Waals surface area (Å²) in [5.41, 5.74) is 2.88. The number of nitrogens with zero attached hydrogens (tertiary/aromatic N) is 3. The molecule has 1 saturated heterocycles. The average Bonchev–Trinajstić information content (AvgIpc) is 3.15. The lowest BCUT2D eigenvalue weighted by Crippen LogP contribution is -2.41. The minimum absolute atomic E-state index is 0.140. The Morgan fingerprint density at radius 2 is 1.89 bits per heavy atom. The number of amides is 2. The van der Waals surface area contributed by atoms with Crippen molar-refractivity contribution in [2.24, 2.45) is 5.92 Å². The highest BCUT2D eigenvalue weighted by Crippen LogP contribution is 2.30. The van der Waals surface area contributed by atoms with Crippen LogP contribution in [-0.2, 0) is 11.2 Å². The third-order valence-corrected chi connectivity index (χ3v) is 6.19. The van der Waals surface area contributed by atoms with Crippen molar-refractivity contribution in [2.75, 3.05) is 44.7 Å². The SMILES string of the molecule is CCCCN(C)CC1CCN(C(=O)c2ccc3c(c2)CCN3C(=O)CC)CC1. The molecule has 0 aromatic heterocycles. The molecule has 5 nitrogen and oxygen atoms in total. The topological polar surface area (TPSA) is 43.9 Å². The minimum atomic E-state index is 0.140. The van der Waals surface area contributed by atoms with E-state index >= 15 is 0 Å². The number of carbonyl (C=O) groups is 2. The van der Waals surface area contributed by atoms with Crippen molar-refractivity contribution < 1.29 is 9.59 Å². The summed E-state index contributed by atoms with van der Waals surface area (Å²) in [4.78, 5) is 31.3. The molecule has 2 amide bonds. The van der Waals surface area contributed by atoms with Gasteiger partial charge < -0.3 is 14.7 Å². The summed E-state index contributed by atoms with van der Waals surface area (Å²) in [5, 5.41) is 0. The van der Waals surface area contributed by atoms with Crippen LogP contribution in [0.4, 0.5) is 5.69 Å². The van der Waals surface area contributed by atoms with Crippen molar-refractivity contribution in [1.29, 1.82) is 0 Å². The number of benzene rings is 1. The molecule has 1 aromatic carbocycles. The number of fused-ring (bicyclic) bond motifs is 1. The summed E-state index contributed by atoms with van der Waals surface area (Å²) in [5.74, 6) is 0.990. The number of carbonyl (C=O) groups excluding carboxylic acids is 2. The van der Waals surface area contributed by atoms with Crippen LogP contribution >= 0.6 is 0 Å². The van der Waals surface area contributed by atoms with Crippen molar-refractivity contribution in [3.8, 4) is 0 Å². The van der Waals surface area contributed by atoms with E-state index < -0.39 is 0 Å². The quantitative estimate of drug-likeness (QED) is 0.721. The van der Waals surface area contributed by atoms with E-state index in [0.717, 1.165) is 62.3 Å². The Bertz CT molecular complexity index is 695. The van der Waals surface area contributed by atoms with E-state index in [1.165, 1.54) is 19.4 Å². The molecule has 0 radical (unpaired) electrons. The average molecular weight is 386 g/mol. The molecule has 154 valence electrons. The van der Waals surface area contributed by atoms with Crippen LogP contribution in [0.15, 0.2) is 18.2 Å². The molecule has 0 saturated carbocycles. The smallest absolute Gasteiger partial charge is 0.253 e. The molecule has 0 atom stereocenters. The Hall–Kier alpha value is -1.88. The van der Waals surface area contributed by atoms with Gasteiger partial charge in [0.1, 0.15) is 0 Å². The van der Waals surface area contributed by atoms with Crippen LogP contribution in [0.3, 0.4) is 0 Å². The molecule has 2 heterocycles. The van der Waals surface area contributed by atoms with Crippen molar-refractivity contribution in [3.63, 3.8) is 0 Å². The lowest BCUT2D eigenvalue weighted by molar-refractivity contribution is -0.118. The molecular formula is C23H35N3O2. The molecule has 1 fully saturated rings. The minimum Gasteiger partial charge on any atom is -0.339 e. The number of piperidine rings is 1. The van der Waals surface area contributed by atoms with Gasteiger partial charge in [-0.05, 0) is 69.0 Å². The highest BCUT2D eigenvalue weighted by atomic mass is 16.2. The second kappa shape index (κ2) is 9.55. The van der Waals surface area contributed by atoms with Crippen molar-refractivity contribution >= 4 is 17.5 Å². The van der Waals surface area contributed by atoms with E-state index in [9.17, 15) is 9.59 Å². The van der Waals surface area contributed by atoms with E-state index in [0.29, 0.717) is 12.3 Å². The molecule has 2 aliphatic heterocycles. The van der Waals surface area contributed by atoms with E-state index in [-0.39, 0.29) is 11.8 Å². The summed E-state index contributed by atoms with van der Waals surface area (Å²) in [7, 11) is 2.21. The van der Waals surface area contributed by atoms with E-state index in [2.05, 4.69) is 18.9 Å². The Morgan fingerprint density at radius 1 is 1.14 bits per heavy atom. The van der Waals surface area contributed by atoms with E-state index in [1.54, 1.807) is 0 Å². The fourth-order valence-electron chi connectivity index (χ4n) is 4.45. The normalized spacial score (nSPS) is 17.3. The van der Waals surface area contributed by atoms with E-state index in [1.807, 2.05) is 34.9 Å². The van der Waals surface area contributed by atoms with Crippen LogP contribution in [0, 0.1) is 5.92 Å². The molecule has 28 heavy (non-hydrogen) atoms. The van der Waals surface area contributed by atoms with Gasteiger partial charge in [-0.1, -0.05) is 20.3 Å². The van der Waals surface area contributed by atoms with Gasteiger partial charge in [-0.2, -0.15) is 0 Å². The zero-order chi connectivity index (χ0) is 20.1. The summed E-state index contributed by atoms with van der Waals surface area (Å²) >= 11 is 0. The number of likely N-dealkylation sites (tertiary alicyclic amines) is 1. The summed E-state index contributed by atoms with van der Waals surface area (Å²) in [6, 6.07) is 5.86. The van der Waals surface area contributed by atoms with Gasteiger partial charge >= 0.3 is 0 Å². The molecule has 0 unspecified atom stereocenters. The molecular weight excluding hydrogens is 350 g/mol. The molecule has 0 aliphatic carbocycles. The van der Waals surface area contributed by atoms with Gasteiger partial charge in [0, 0.05) is 43.9 Å². The first kappa shape index (κ1) is 20.8. The Morgan fingerprint density at radius 3 is 2.57 bits per heavy atom. The van der Waals surface area contributed by atoms with Gasteiger partial charge in [-0.15, -0.1) is 0 Å². The van der Waals surface area contributed by atoms with Crippen molar-refractivity contribution in [2.45, 2.75) is 52.4 Å². The lowest BCUT2D eigenvalue weighted by atomic mass is 9.95. The fourth-order valence-corrected chi connectivity index (χ4v) is 4.45. The molecule has 1 aromatic rings. The van der Waals surface area contributed by atoms with Crippen molar-refractivity contribution in [1.82, 2.24) is 9.80 Å². The molecule has 0 bridgehead atoms. The zero-order valence-corrected chi connectivity index (χ0v) is 17.7. The maximum absolute atomic E-state index is 13.0. The highest BCUT2D eigenvalue weighted by Gasteiger charge is 2.27. The number of hydrogen-bond acceptors (Lipinski definition) is 3. The molecule has 2 aliphatic rings. The lowest BCUT2D eigenvalue weighted by Gasteiger charge is -2.34. The largest absolute Gasteiger partial charge is 0.339 e. The monoisotopic (exact) mass is 385 g/mol. The first-order valence-electron chi connectivity index (χ1n) is 10.9. The number of anilines is 1. The molecule has 0 spiro atoms. The number of hydrogen-bond donors (Lipinski definition) is 0. The summed E-state index contributed by atoms with van der Waals surface area (Å²) in [6.07, 6.45) is 6.03. The Labute approximate surface area is 169 Å². The van der Waals surface area contributed by atoms with Gasteiger partial charge in [-0.25, -0.2) is 0 Å². The third kappa shape index (κ3) is 4.75. The van der Waals surface area contributed by atoms with Crippen LogP contribution in [-0.4, -0.2) is 61.4 Å². The van der Waals surface area contributed by atoms with Gasteiger partial charge in [0.05, 0.1) is 0 Å². The Kier molecular flexibility index (Phi) is 7.11. The van der Waals surface area contributed by atoms with E-state index in [4.69, 9.17) is 0 Å². The summed E-state index contributed by atoms with van der Waals surface area (Å²) in [6.45, 7) is 8.87. The fraction of sp³-hybridized carbons (Fsp3) is 0.652. The van der Waals surface area contributed by atoms with Gasteiger partial charge in [0.25, 0.3) is 5.91 Å². The molecule has 3 rings (SSSR count). The van der Waals surface area contributed by atoms with Crippen LogP contribution in [0.25, 0.3) is 0 Å². The standard InChI is InChI=1S/C23H35N3O2/c1-4-6-12-24(3)17-18-9-13-25(14-10-18)23(28)20-7-8-21-19(16-20)11-15-26(21)22(27)5-2/h7-8,16,18H,4-6,9-15,17H2,1-3H3. The number of rotatable bonds is 7. The second-order valence-electron chi connectivity index (χ2n) is 8.34. The molecule has 5 heteroatoms. The zero-order valence-electron chi connectivity index (χ0n) is 17.7. The van der Waals surface area contributed by atoms with Crippen molar-refractivity contribution in [3.05, 3.63) is 29.3 Å². The third-order valence-electron chi connectivity index (χ3n) is 6.19. The van der Waals surface area contributed by atoms with Gasteiger partial charge in [0.2, 0.25) is 5.91 Å². The second-order valence-corrected chi connectivity index (χ2v) is 8.34. The first-order valence-corrected chi connectivity index (χ1v) is 10.9. The first-order chi connectivity index (χ1) is 13.5. The van der Waals surface area contributed by atoms with Crippen LogP contribution < -0.4 is 4.90 Å². The summed E-state index contributed by atoms with van der Waals surface area (Å²) < 4.78 is 0. The maximum Gasteiger partial charge on any atom is 0.253 e. The maximum atomic E-state index is 13.0. The number of unbranched alkanes of at least 4 members (excludes halogenated alkanes) is 1. The Balaban J connectivity index is 1.55. The van der Waals surface area contributed by atoms with Gasteiger partial charge in [0.15, 0.2) is 0 Å².